The molecule has 0 spiro atoms. The number of benzene rings is 2. The standard InChI is InChI=1S/C25H27ClN6O2/c1-4-32-20-13-17(12-11-16(20)8-6-10-21(32)33)29-25-28-14-19(26)23(31-25)30-22-15(2)7-5-9-18(22)24(34)27-3/h5,7,9,11-14H,4,6,8,10H2,1-3H3,(H,27,34)(H2,28,29,30,31). The van der Waals surface area contributed by atoms with Crippen LogP contribution in [0.1, 0.15) is 41.3 Å². The van der Waals surface area contributed by atoms with Gasteiger partial charge >= 0.3 is 0 Å². The first-order valence-corrected chi connectivity index (χ1v) is 11.6. The van der Waals surface area contributed by atoms with Crippen molar-refractivity contribution in [2.45, 2.75) is 33.1 Å². The molecular weight excluding hydrogens is 452 g/mol. The van der Waals surface area contributed by atoms with Crippen molar-refractivity contribution < 1.29 is 9.59 Å². The summed E-state index contributed by atoms with van der Waals surface area (Å²) in [6.45, 7) is 4.50. The van der Waals surface area contributed by atoms with Crippen LogP contribution in [0.15, 0.2) is 42.6 Å². The second kappa shape index (κ2) is 10.1. The number of aromatic nitrogens is 2. The fourth-order valence-corrected chi connectivity index (χ4v) is 4.21. The predicted molar refractivity (Wildman–Crippen MR) is 136 cm³/mol. The van der Waals surface area contributed by atoms with Crippen LogP contribution in [-0.4, -0.2) is 35.4 Å². The molecule has 0 radical (unpaired) electrons. The molecule has 0 fully saturated rings. The molecule has 8 nitrogen and oxygen atoms in total. The minimum Gasteiger partial charge on any atom is -0.355 e. The molecule has 2 heterocycles. The van der Waals surface area contributed by atoms with Crippen LogP contribution in [0.5, 0.6) is 0 Å². The highest BCUT2D eigenvalue weighted by Gasteiger charge is 2.21. The van der Waals surface area contributed by atoms with E-state index in [4.69, 9.17) is 11.6 Å². The number of fused-ring (bicyclic) bond motifs is 1. The monoisotopic (exact) mass is 478 g/mol. The van der Waals surface area contributed by atoms with E-state index in [1.807, 2.05) is 49.1 Å². The second-order valence-electron chi connectivity index (χ2n) is 8.05. The van der Waals surface area contributed by atoms with Gasteiger partial charge in [-0.25, -0.2) is 4.98 Å². The molecule has 3 aromatic rings. The Kier molecular flexibility index (Phi) is 6.98. The van der Waals surface area contributed by atoms with Crippen LogP contribution in [0, 0.1) is 6.92 Å². The molecule has 0 aliphatic carbocycles. The van der Waals surface area contributed by atoms with E-state index >= 15 is 0 Å². The van der Waals surface area contributed by atoms with Gasteiger partial charge in [-0.2, -0.15) is 4.98 Å². The third kappa shape index (κ3) is 4.82. The summed E-state index contributed by atoms with van der Waals surface area (Å²) in [5.74, 6) is 0.635. The zero-order valence-corrected chi connectivity index (χ0v) is 20.2. The highest BCUT2D eigenvalue weighted by atomic mass is 35.5. The fourth-order valence-electron chi connectivity index (χ4n) is 4.07. The molecule has 0 bridgehead atoms. The van der Waals surface area contributed by atoms with Crippen LogP contribution >= 0.6 is 11.6 Å². The Morgan fingerprint density at radius 2 is 2.00 bits per heavy atom. The summed E-state index contributed by atoms with van der Waals surface area (Å²) < 4.78 is 0. The third-order valence-electron chi connectivity index (χ3n) is 5.82. The number of halogens is 1. The van der Waals surface area contributed by atoms with Gasteiger partial charge in [-0.15, -0.1) is 0 Å². The van der Waals surface area contributed by atoms with Crippen LogP contribution in [0.25, 0.3) is 0 Å². The van der Waals surface area contributed by atoms with Crippen molar-refractivity contribution in [1.29, 1.82) is 0 Å². The van der Waals surface area contributed by atoms with E-state index in [9.17, 15) is 9.59 Å². The highest BCUT2D eigenvalue weighted by Crippen LogP contribution is 2.32. The van der Waals surface area contributed by atoms with E-state index in [-0.39, 0.29) is 11.8 Å². The minimum absolute atomic E-state index is 0.137. The number of carbonyl (C=O) groups excluding carboxylic acids is 2. The maximum atomic E-state index is 12.5. The smallest absolute Gasteiger partial charge is 0.253 e. The maximum absolute atomic E-state index is 12.5. The van der Waals surface area contributed by atoms with Gasteiger partial charge in [-0.1, -0.05) is 29.8 Å². The van der Waals surface area contributed by atoms with Gasteiger partial charge in [0.25, 0.3) is 5.91 Å². The summed E-state index contributed by atoms with van der Waals surface area (Å²) in [5, 5.41) is 9.38. The van der Waals surface area contributed by atoms with Gasteiger partial charge in [0, 0.05) is 31.4 Å². The van der Waals surface area contributed by atoms with Crippen molar-refractivity contribution in [2.24, 2.45) is 0 Å². The van der Waals surface area contributed by atoms with Crippen molar-refractivity contribution in [3.8, 4) is 0 Å². The number of carbonyl (C=O) groups is 2. The van der Waals surface area contributed by atoms with Gasteiger partial charge < -0.3 is 20.9 Å². The molecule has 0 saturated heterocycles. The number of para-hydroxylation sites is 1. The summed E-state index contributed by atoms with van der Waals surface area (Å²) >= 11 is 6.37. The minimum atomic E-state index is -0.213. The lowest BCUT2D eigenvalue weighted by atomic mass is 10.1. The Bertz CT molecular complexity index is 1250. The van der Waals surface area contributed by atoms with Crippen LogP contribution in [0.4, 0.5) is 28.8 Å². The number of nitrogens with one attached hydrogen (secondary N) is 3. The molecule has 0 unspecified atom stereocenters. The van der Waals surface area contributed by atoms with Gasteiger partial charge in [0.05, 0.1) is 17.4 Å². The third-order valence-corrected chi connectivity index (χ3v) is 6.09. The van der Waals surface area contributed by atoms with Gasteiger partial charge in [0.15, 0.2) is 5.82 Å². The number of aryl methyl sites for hydroxylation is 2. The van der Waals surface area contributed by atoms with Gasteiger partial charge in [0.1, 0.15) is 5.02 Å². The lowest BCUT2D eigenvalue weighted by molar-refractivity contribution is -0.118. The molecule has 2 amide bonds. The molecule has 3 N–H and O–H groups in total. The number of anilines is 5. The summed E-state index contributed by atoms with van der Waals surface area (Å²) in [6, 6.07) is 11.4. The quantitative estimate of drug-likeness (QED) is 0.462. The lowest BCUT2D eigenvalue weighted by Gasteiger charge is -2.22. The fraction of sp³-hybridized carbons (Fsp3) is 0.280. The maximum Gasteiger partial charge on any atom is 0.253 e. The first-order valence-electron chi connectivity index (χ1n) is 11.2. The van der Waals surface area contributed by atoms with Gasteiger partial charge in [-0.3, -0.25) is 9.59 Å². The van der Waals surface area contributed by atoms with E-state index in [2.05, 4.69) is 25.9 Å². The Hall–Kier alpha value is -3.65. The summed E-state index contributed by atoms with van der Waals surface area (Å²) in [4.78, 5) is 35.5. The Labute approximate surface area is 203 Å². The molecule has 1 aromatic heterocycles. The molecule has 0 saturated carbocycles. The number of rotatable bonds is 6. The van der Waals surface area contributed by atoms with Crippen molar-refractivity contribution in [1.82, 2.24) is 15.3 Å². The van der Waals surface area contributed by atoms with Crippen molar-refractivity contribution in [2.75, 3.05) is 29.1 Å². The Morgan fingerprint density at radius 1 is 1.18 bits per heavy atom. The summed E-state index contributed by atoms with van der Waals surface area (Å²) in [6.07, 6.45) is 3.77. The topological polar surface area (TPSA) is 99.3 Å². The van der Waals surface area contributed by atoms with E-state index < -0.39 is 0 Å². The number of hydrogen-bond acceptors (Lipinski definition) is 6. The van der Waals surface area contributed by atoms with Crippen LogP contribution < -0.4 is 20.9 Å². The molecule has 4 rings (SSSR count). The van der Waals surface area contributed by atoms with E-state index in [0.29, 0.717) is 41.0 Å². The summed E-state index contributed by atoms with van der Waals surface area (Å²) in [5.41, 5.74) is 4.82. The van der Waals surface area contributed by atoms with Crippen LogP contribution in [0.2, 0.25) is 5.02 Å². The first kappa shape index (κ1) is 23.5. The average molecular weight is 479 g/mol. The Morgan fingerprint density at radius 3 is 2.76 bits per heavy atom. The molecule has 9 heteroatoms. The van der Waals surface area contributed by atoms with Crippen LogP contribution in [-0.2, 0) is 11.2 Å². The van der Waals surface area contributed by atoms with Crippen molar-refractivity contribution in [3.63, 3.8) is 0 Å². The number of amides is 2. The van der Waals surface area contributed by atoms with Crippen LogP contribution in [0.3, 0.4) is 0 Å². The Balaban J connectivity index is 1.64. The zero-order valence-electron chi connectivity index (χ0n) is 19.4. The number of hydrogen-bond donors (Lipinski definition) is 3. The highest BCUT2D eigenvalue weighted by molar-refractivity contribution is 6.33. The number of nitrogens with zero attached hydrogens (tertiary/aromatic N) is 3. The predicted octanol–water partition coefficient (Wildman–Crippen LogP) is 4.97. The molecule has 34 heavy (non-hydrogen) atoms. The second-order valence-corrected chi connectivity index (χ2v) is 8.46. The molecule has 1 aliphatic heterocycles. The SMILES string of the molecule is CCN1C(=O)CCCc2ccc(Nc3ncc(Cl)c(Nc4c(C)cccc4C(=O)NC)n3)cc21. The average Bonchev–Trinajstić information content (AvgIpc) is 2.99. The normalized spacial score (nSPS) is 13.2. The van der Waals surface area contributed by atoms with E-state index in [1.165, 1.54) is 6.20 Å². The molecular formula is C25H27ClN6O2. The molecule has 2 aromatic carbocycles. The van der Waals surface area contributed by atoms with Crippen molar-refractivity contribution in [3.05, 3.63) is 64.3 Å². The first-order chi connectivity index (χ1) is 16.4. The molecule has 0 atom stereocenters. The lowest BCUT2D eigenvalue weighted by Crippen LogP contribution is -2.29. The van der Waals surface area contributed by atoms with Crippen molar-refractivity contribution >= 4 is 52.2 Å². The summed E-state index contributed by atoms with van der Waals surface area (Å²) in [7, 11) is 1.59. The zero-order chi connectivity index (χ0) is 24.2. The largest absolute Gasteiger partial charge is 0.355 e. The molecule has 1 aliphatic rings. The molecule has 176 valence electrons. The van der Waals surface area contributed by atoms with E-state index in [0.717, 1.165) is 35.3 Å². The van der Waals surface area contributed by atoms with Gasteiger partial charge in [-0.05, 0) is 56.0 Å². The van der Waals surface area contributed by atoms with Gasteiger partial charge in [0.2, 0.25) is 11.9 Å². The van der Waals surface area contributed by atoms with E-state index in [1.54, 1.807) is 13.1 Å².